The highest BCUT2D eigenvalue weighted by Crippen LogP contribution is 2.24. The fourth-order valence-corrected chi connectivity index (χ4v) is 2.40. The predicted molar refractivity (Wildman–Crippen MR) is 89.2 cm³/mol. The number of hydrogen-bond acceptors (Lipinski definition) is 4. The van der Waals surface area contributed by atoms with Gasteiger partial charge >= 0.3 is 0 Å². The molecule has 0 fully saturated rings. The molecule has 1 amide bonds. The third-order valence-electron chi connectivity index (χ3n) is 3.60. The molecule has 2 rings (SSSR count). The number of halogens is 1. The molecule has 22 heavy (non-hydrogen) atoms. The maximum Gasteiger partial charge on any atom is 0.226 e. The molecule has 2 aromatic rings. The predicted octanol–water partition coefficient (Wildman–Crippen LogP) is 3.16. The van der Waals surface area contributed by atoms with Crippen LogP contribution in [-0.2, 0) is 4.79 Å². The molecular weight excluding hydrogens is 302 g/mol. The number of aryl methyl sites for hydroxylation is 2. The molecular formula is C16H22ClN3O2. The largest absolute Gasteiger partial charge is 0.359 e. The zero-order chi connectivity index (χ0) is 15.4. The van der Waals surface area contributed by atoms with Crippen LogP contribution < -0.4 is 10.6 Å². The van der Waals surface area contributed by atoms with Gasteiger partial charge in [-0.1, -0.05) is 35.5 Å². The molecule has 0 saturated carbocycles. The normalized spacial score (nSPS) is 11.6. The summed E-state index contributed by atoms with van der Waals surface area (Å²) in [7, 11) is 1.74. The van der Waals surface area contributed by atoms with E-state index in [4.69, 9.17) is 10.3 Å². The molecule has 0 bridgehead atoms. The first-order valence-corrected chi connectivity index (χ1v) is 7.00. The van der Waals surface area contributed by atoms with E-state index in [0.29, 0.717) is 18.6 Å². The van der Waals surface area contributed by atoms with Gasteiger partial charge in [0.25, 0.3) is 0 Å². The third kappa shape index (κ3) is 4.08. The number of rotatable bonds is 5. The van der Waals surface area contributed by atoms with E-state index < -0.39 is 0 Å². The molecule has 1 heterocycles. The van der Waals surface area contributed by atoms with Crippen molar-refractivity contribution in [2.75, 3.05) is 11.9 Å². The molecule has 1 aromatic carbocycles. The number of carbonyl (C=O) groups is 1. The summed E-state index contributed by atoms with van der Waals surface area (Å²) in [6.07, 6.45) is 0.993. The summed E-state index contributed by atoms with van der Waals surface area (Å²) < 4.78 is 5.09. The summed E-state index contributed by atoms with van der Waals surface area (Å²) in [5.41, 5.74) is 8.63. The van der Waals surface area contributed by atoms with E-state index >= 15 is 0 Å². The lowest BCUT2D eigenvalue weighted by molar-refractivity contribution is -0.118. The van der Waals surface area contributed by atoms with Crippen LogP contribution in [0, 0.1) is 13.8 Å². The van der Waals surface area contributed by atoms with Crippen LogP contribution in [0.3, 0.4) is 0 Å². The van der Waals surface area contributed by atoms with Gasteiger partial charge in [0, 0.05) is 19.5 Å². The number of nitrogens with two attached hydrogens (primary N) is 1. The van der Waals surface area contributed by atoms with Gasteiger partial charge in [-0.25, -0.2) is 0 Å². The average Bonchev–Trinajstić information content (AvgIpc) is 2.83. The second-order valence-corrected chi connectivity index (χ2v) is 5.18. The monoisotopic (exact) mass is 323 g/mol. The smallest absolute Gasteiger partial charge is 0.226 e. The summed E-state index contributed by atoms with van der Waals surface area (Å²) in [4.78, 5) is 13.9. The van der Waals surface area contributed by atoms with E-state index in [2.05, 4.69) is 5.16 Å². The number of amides is 1. The fraction of sp³-hybridized carbons (Fsp3) is 0.375. The fourth-order valence-electron chi connectivity index (χ4n) is 2.40. The van der Waals surface area contributed by atoms with Gasteiger partial charge < -0.3 is 15.2 Å². The highest BCUT2D eigenvalue weighted by Gasteiger charge is 2.20. The van der Waals surface area contributed by atoms with Crippen LogP contribution >= 0.6 is 12.4 Å². The van der Waals surface area contributed by atoms with E-state index in [1.165, 1.54) is 0 Å². The van der Waals surface area contributed by atoms with Crippen molar-refractivity contribution in [2.45, 2.75) is 32.7 Å². The van der Waals surface area contributed by atoms with E-state index in [-0.39, 0.29) is 24.4 Å². The Morgan fingerprint density at radius 3 is 2.50 bits per heavy atom. The molecule has 1 aromatic heterocycles. The zero-order valence-electron chi connectivity index (χ0n) is 13.1. The Labute approximate surface area is 136 Å². The molecule has 0 aliphatic carbocycles. The van der Waals surface area contributed by atoms with Gasteiger partial charge in [0.2, 0.25) is 5.91 Å². The zero-order valence-corrected chi connectivity index (χ0v) is 13.9. The van der Waals surface area contributed by atoms with Crippen molar-refractivity contribution in [3.8, 4) is 0 Å². The average molecular weight is 324 g/mol. The van der Waals surface area contributed by atoms with Crippen LogP contribution in [-0.4, -0.2) is 18.1 Å². The molecule has 0 aliphatic rings. The van der Waals surface area contributed by atoms with Crippen molar-refractivity contribution in [3.05, 3.63) is 47.3 Å². The quantitative estimate of drug-likeness (QED) is 0.917. The molecule has 1 unspecified atom stereocenters. The molecule has 1 atom stereocenters. The lowest BCUT2D eigenvalue weighted by atomic mass is 10.0. The Kier molecular flexibility index (Phi) is 6.59. The van der Waals surface area contributed by atoms with Crippen LogP contribution in [0.15, 0.2) is 34.9 Å². The van der Waals surface area contributed by atoms with Crippen molar-refractivity contribution >= 4 is 24.0 Å². The first-order chi connectivity index (χ1) is 10.0. The van der Waals surface area contributed by atoms with Crippen LogP contribution in [0.5, 0.6) is 0 Å². The second-order valence-electron chi connectivity index (χ2n) is 5.18. The van der Waals surface area contributed by atoms with Crippen molar-refractivity contribution in [1.82, 2.24) is 5.16 Å². The van der Waals surface area contributed by atoms with Gasteiger partial charge in [-0.05, 0) is 25.8 Å². The Morgan fingerprint density at radius 2 is 1.95 bits per heavy atom. The van der Waals surface area contributed by atoms with Gasteiger partial charge in [-0.2, -0.15) is 0 Å². The number of benzene rings is 1. The summed E-state index contributed by atoms with van der Waals surface area (Å²) in [5.74, 6) is 0.659. The van der Waals surface area contributed by atoms with E-state index in [1.807, 2.05) is 37.3 Å². The lowest BCUT2D eigenvalue weighted by Gasteiger charge is -2.18. The molecule has 6 heteroatoms. The first-order valence-electron chi connectivity index (χ1n) is 7.00. The SMILES string of the molecule is Cc1noc(C)c1N(C)C(=O)CCC(N)c1ccccc1.Cl. The van der Waals surface area contributed by atoms with E-state index in [0.717, 1.165) is 16.9 Å². The Hall–Kier alpha value is -1.85. The van der Waals surface area contributed by atoms with E-state index in [9.17, 15) is 4.79 Å². The van der Waals surface area contributed by atoms with Crippen LogP contribution in [0.1, 0.15) is 35.9 Å². The second kappa shape index (κ2) is 7.96. The maximum atomic E-state index is 12.3. The minimum absolute atomic E-state index is 0. The first kappa shape index (κ1) is 18.2. The third-order valence-corrected chi connectivity index (χ3v) is 3.60. The molecule has 0 aliphatic heterocycles. The highest BCUT2D eigenvalue weighted by atomic mass is 35.5. The Bertz CT molecular complexity index is 594. The molecule has 0 radical (unpaired) electrons. The van der Waals surface area contributed by atoms with Crippen molar-refractivity contribution in [3.63, 3.8) is 0 Å². The summed E-state index contributed by atoms with van der Waals surface area (Å²) >= 11 is 0. The summed E-state index contributed by atoms with van der Waals surface area (Å²) in [6.45, 7) is 3.63. The molecule has 120 valence electrons. The molecule has 0 spiro atoms. The van der Waals surface area contributed by atoms with Crippen molar-refractivity contribution in [1.29, 1.82) is 0 Å². The number of carbonyl (C=O) groups excluding carboxylic acids is 1. The highest BCUT2D eigenvalue weighted by molar-refractivity contribution is 5.93. The number of nitrogens with zero attached hydrogens (tertiary/aromatic N) is 2. The summed E-state index contributed by atoms with van der Waals surface area (Å²) in [5, 5.41) is 3.87. The van der Waals surface area contributed by atoms with Gasteiger partial charge in [-0.3, -0.25) is 4.79 Å². The summed E-state index contributed by atoms with van der Waals surface area (Å²) in [6, 6.07) is 9.68. The minimum Gasteiger partial charge on any atom is -0.359 e. The van der Waals surface area contributed by atoms with Gasteiger partial charge in [-0.15, -0.1) is 12.4 Å². The molecule has 5 nitrogen and oxygen atoms in total. The van der Waals surface area contributed by atoms with Crippen LogP contribution in [0.2, 0.25) is 0 Å². The van der Waals surface area contributed by atoms with E-state index in [1.54, 1.807) is 18.9 Å². The van der Waals surface area contributed by atoms with Crippen molar-refractivity contribution < 1.29 is 9.32 Å². The number of aromatic nitrogens is 1. The maximum absolute atomic E-state index is 12.3. The van der Waals surface area contributed by atoms with Crippen molar-refractivity contribution in [2.24, 2.45) is 5.73 Å². The topological polar surface area (TPSA) is 72.4 Å². The van der Waals surface area contributed by atoms with Crippen LogP contribution in [0.4, 0.5) is 5.69 Å². The number of anilines is 1. The standard InChI is InChI=1S/C16H21N3O2.ClH/c1-11-16(12(2)21-18-11)19(3)15(20)10-9-14(17)13-7-5-4-6-8-13;/h4-8,14H,9-10,17H2,1-3H3;1H. The number of hydrogen-bond donors (Lipinski definition) is 1. The molecule has 0 saturated heterocycles. The van der Waals surface area contributed by atoms with Gasteiger partial charge in [0.15, 0.2) is 5.76 Å². The van der Waals surface area contributed by atoms with Gasteiger partial charge in [0.05, 0.1) is 0 Å². The van der Waals surface area contributed by atoms with Crippen LogP contribution in [0.25, 0.3) is 0 Å². The minimum atomic E-state index is -0.131. The Balaban J connectivity index is 0.00000242. The lowest BCUT2D eigenvalue weighted by Crippen LogP contribution is -2.28. The van der Waals surface area contributed by atoms with Gasteiger partial charge in [0.1, 0.15) is 11.4 Å². The molecule has 2 N–H and O–H groups in total. The Morgan fingerprint density at radius 1 is 1.32 bits per heavy atom.